The van der Waals surface area contributed by atoms with E-state index in [2.05, 4.69) is 20.6 Å². The first-order valence-electron chi connectivity index (χ1n) is 4.26. The van der Waals surface area contributed by atoms with Crippen molar-refractivity contribution in [2.75, 3.05) is 5.32 Å². The highest BCUT2D eigenvalue weighted by atomic mass is 16.4. The molecule has 0 unspecified atom stereocenters. The molecule has 0 atom stereocenters. The van der Waals surface area contributed by atoms with Gasteiger partial charge in [0.05, 0.1) is 6.54 Å². The summed E-state index contributed by atoms with van der Waals surface area (Å²) >= 11 is 0. The molecule has 0 aliphatic carbocycles. The van der Waals surface area contributed by atoms with Gasteiger partial charge in [0.25, 0.3) is 0 Å². The molecular weight excluding hydrogens is 182 g/mol. The van der Waals surface area contributed by atoms with E-state index in [1.807, 2.05) is 19.3 Å². The van der Waals surface area contributed by atoms with Gasteiger partial charge in [-0.1, -0.05) is 0 Å². The molecule has 0 aliphatic heterocycles. The Morgan fingerprint density at radius 2 is 2.36 bits per heavy atom. The quantitative estimate of drug-likeness (QED) is 0.778. The maximum absolute atomic E-state index is 5.19. The van der Waals surface area contributed by atoms with Gasteiger partial charge in [-0.15, -0.1) is 10.2 Å². The van der Waals surface area contributed by atoms with Crippen molar-refractivity contribution in [3.63, 3.8) is 0 Å². The molecule has 0 fully saturated rings. The van der Waals surface area contributed by atoms with Crippen molar-refractivity contribution in [3.8, 4) is 0 Å². The molecule has 0 aliphatic rings. The molecule has 0 saturated carbocycles. The highest BCUT2D eigenvalue weighted by Gasteiger charge is 2.02. The van der Waals surface area contributed by atoms with E-state index in [4.69, 9.17) is 4.42 Å². The van der Waals surface area contributed by atoms with Crippen LogP contribution in [0, 0.1) is 6.92 Å². The fourth-order valence-electron chi connectivity index (χ4n) is 1.08. The first kappa shape index (κ1) is 8.74. The average molecular weight is 193 g/mol. The van der Waals surface area contributed by atoms with E-state index in [9.17, 15) is 0 Å². The van der Waals surface area contributed by atoms with E-state index in [1.54, 1.807) is 11.6 Å². The lowest BCUT2D eigenvalue weighted by Gasteiger charge is -1.96. The van der Waals surface area contributed by atoms with Crippen molar-refractivity contribution in [3.05, 3.63) is 24.0 Å². The lowest BCUT2D eigenvalue weighted by Crippen LogP contribution is -2.01. The molecule has 0 spiro atoms. The van der Waals surface area contributed by atoms with Crippen LogP contribution in [0.15, 0.2) is 16.7 Å². The molecule has 0 amide bonds. The largest absolute Gasteiger partial charge is 0.424 e. The monoisotopic (exact) mass is 193 g/mol. The van der Waals surface area contributed by atoms with Gasteiger partial charge in [-0.25, -0.2) is 0 Å². The molecule has 2 rings (SSSR count). The molecule has 2 aromatic rings. The fraction of sp³-hybridized carbons (Fsp3) is 0.375. The first-order valence-corrected chi connectivity index (χ1v) is 4.26. The molecular formula is C8H11N5O. The summed E-state index contributed by atoms with van der Waals surface area (Å²) in [7, 11) is 1.86. The molecule has 0 aromatic carbocycles. The maximum atomic E-state index is 5.19. The third kappa shape index (κ3) is 1.90. The van der Waals surface area contributed by atoms with E-state index in [1.165, 1.54) is 0 Å². The highest BCUT2D eigenvalue weighted by molar-refractivity contribution is 5.31. The second-order valence-electron chi connectivity index (χ2n) is 2.94. The van der Waals surface area contributed by atoms with Crippen molar-refractivity contribution >= 4 is 5.82 Å². The summed E-state index contributed by atoms with van der Waals surface area (Å²) in [6.07, 6.45) is 1.86. The Labute approximate surface area is 80.9 Å². The van der Waals surface area contributed by atoms with Gasteiger partial charge in [0.2, 0.25) is 11.8 Å². The topological polar surface area (TPSA) is 68.8 Å². The van der Waals surface area contributed by atoms with Gasteiger partial charge in [-0.3, -0.25) is 4.68 Å². The van der Waals surface area contributed by atoms with Crippen LogP contribution in [0.5, 0.6) is 0 Å². The van der Waals surface area contributed by atoms with Gasteiger partial charge in [-0.05, 0) is 0 Å². The SMILES string of the molecule is Cc1nnc(CNc2ccn(C)n2)o1. The smallest absolute Gasteiger partial charge is 0.235 e. The molecule has 74 valence electrons. The summed E-state index contributed by atoms with van der Waals surface area (Å²) in [5, 5.41) is 14.8. The van der Waals surface area contributed by atoms with Crippen molar-refractivity contribution < 1.29 is 4.42 Å². The minimum Gasteiger partial charge on any atom is -0.424 e. The van der Waals surface area contributed by atoms with Gasteiger partial charge in [-0.2, -0.15) is 5.10 Å². The van der Waals surface area contributed by atoms with Gasteiger partial charge in [0, 0.05) is 26.2 Å². The second-order valence-corrected chi connectivity index (χ2v) is 2.94. The standard InChI is InChI=1S/C8H11N5O/c1-6-10-11-8(14-6)5-9-7-3-4-13(2)12-7/h3-4H,5H2,1-2H3,(H,9,12). The van der Waals surface area contributed by atoms with Crippen LogP contribution in [-0.4, -0.2) is 20.0 Å². The lowest BCUT2D eigenvalue weighted by atomic mass is 10.6. The van der Waals surface area contributed by atoms with Crippen LogP contribution in [0.3, 0.4) is 0 Å². The molecule has 6 nitrogen and oxygen atoms in total. The summed E-state index contributed by atoms with van der Waals surface area (Å²) in [6, 6.07) is 1.88. The Kier molecular flexibility index (Phi) is 2.18. The normalized spacial score (nSPS) is 10.4. The maximum Gasteiger partial charge on any atom is 0.235 e. The van der Waals surface area contributed by atoms with Crippen LogP contribution in [0.4, 0.5) is 5.82 Å². The molecule has 6 heteroatoms. The Morgan fingerprint density at radius 3 is 2.93 bits per heavy atom. The zero-order valence-corrected chi connectivity index (χ0v) is 8.06. The van der Waals surface area contributed by atoms with E-state index < -0.39 is 0 Å². The number of rotatable bonds is 3. The van der Waals surface area contributed by atoms with E-state index in [0.29, 0.717) is 18.3 Å². The van der Waals surface area contributed by atoms with Crippen LogP contribution < -0.4 is 5.32 Å². The summed E-state index contributed by atoms with van der Waals surface area (Å²) in [4.78, 5) is 0. The number of hydrogen-bond donors (Lipinski definition) is 1. The number of hydrogen-bond acceptors (Lipinski definition) is 5. The molecule has 2 aromatic heterocycles. The third-order valence-electron chi connectivity index (χ3n) is 1.70. The summed E-state index contributed by atoms with van der Waals surface area (Å²) in [5.41, 5.74) is 0. The van der Waals surface area contributed by atoms with Crippen LogP contribution in [-0.2, 0) is 13.6 Å². The number of nitrogens with one attached hydrogen (secondary N) is 1. The van der Waals surface area contributed by atoms with Gasteiger partial charge < -0.3 is 9.73 Å². The molecule has 2 heterocycles. The summed E-state index contributed by atoms with van der Waals surface area (Å²) in [5.74, 6) is 1.93. The third-order valence-corrected chi connectivity index (χ3v) is 1.70. The zero-order valence-electron chi connectivity index (χ0n) is 8.06. The number of aryl methyl sites for hydroxylation is 2. The van der Waals surface area contributed by atoms with Crippen LogP contribution in [0.25, 0.3) is 0 Å². The fourth-order valence-corrected chi connectivity index (χ4v) is 1.08. The van der Waals surface area contributed by atoms with Crippen molar-refractivity contribution in [2.45, 2.75) is 13.5 Å². The van der Waals surface area contributed by atoms with Crippen molar-refractivity contribution in [2.24, 2.45) is 7.05 Å². The summed E-state index contributed by atoms with van der Waals surface area (Å²) < 4.78 is 6.92. The predicted molar refractivity (Wildman–Crippen MR) is 49.6 cm³/mol. The van der Waals surface area contributed by atoms with Gasteiger partial charge >= 0.3 is 0 Å². The van der Waals surface area contributed by atoms with Crippen LogP contribution in [0.1, 0.15) is 11.8 Å². The van der Waals surface area contributed by atoms with Crippen molar-refractivity contribution in [1.29, 1.82) is 0 Å². The number of nitrogens with zero attached hydrogens (tertiary/aromatic N) is 4. The molecule has 0 radical (unpaired) electrons. The minimum absolute atomic E-state index is 0.498. The molecule has 0 bridgehead atoms. The Balaban J connectivity index is 1.94. The molecule has 14 heavy (non-hydrogen) atoms. The van der Waals surface area contributed by atoms with E-state index in [-0.39, 0.29) is 0 Å². The summed E-state index contributed by atoms with van der Waals surface area (Å²) in [6.45, 7) is 2.26. The molecule has 0 saturated heterocycles. The second kappa shape index (κ2) is 3.49. The Bertz CT molecular complexity index is 379. The first-order chi connectivity index (χ1) is 6.74. The molecule has 1 N–H and O–H groups in total. The van der Waals surface area contributed by atoms with E-state index in [0.717, 1.165) is 5.82 Å². The van der Waals surface area contributed by atoms with Gasteiger partial charge in [0.15, 0.2) is 0 Å². The number of anilines is 1. The zero-order chi connectivity index (χ0) is 9.97. The highest BCUT2D eigenvalue weighted by Crippen LogP contribution is 2.04. The van der Waals surface area contributed by atoms with Crippen LogP contribution in [0.2, 0.25) is 0 Å². The Morgan fingerprint density at radius 1 is 1.50 bits per heavy atom. The predicted octanol–water partition coefficient (Wildman–Crippen LogP) is 0.724. The lowest BCUT2D eigenvalue weighted by molar-refractivity contribution is 0.474. The van der Waals surface area contributed by atoms with E-state index >= 15 is 0 Å². The minimum atomic E-state index is 0.498. The Hall–Kier alpha value is -1.85. The van der Waals surface area contributed by atoms with Gasteiger partial charge in [0.1, 0.15) is 5.82 Å². The average Bonchev–Trinajstić information content (AvgIpc) is 2.72. The van der Waals surface area contributed by atoms with Crippen molar-refractivity contribution in [1.82, 2.24) is 20.0 Å². The number of aromatic nitrogens is 4. The van der Waals surface area contributed by atoms with Crippen LogP contribution >= 0.6 is 0 Å².